The van der Waals surface area contributed by atoms with Crippen molar-refractivity contribution in [3.05, 3.63) is 35.9 Å². The molecule has 1 unspecified atom stereocenters. The lowest BCUT2D eigenvalue weighted by atomic mass is 9.82. The molecule has 3 heteroatoms. The number of hydrogen-bond acceptors (Lipinski definition) is 3. The monoisotopic (exact) mass is 242 g/mol. The highest BCUT2D eigenvalue weighted by Crippen LogP contribution is 2.34. The fourth-order valence-corrected chi connectivity index (χ4v) is 3.14. The number of hydrogen-bond donors (Lipinski definition) is 0. The number of rotatable bonds is 3. The van der Waals surface area contributed by atoms with Gasteiger partial charge in [-0.1, -0.05) is 43.2 Å². The molecule has 1 aliphatic heterocycles. The van der Waals surface area contributed by atoms with E-state index < -0.39 is 0 Å². The second kappa shape index (κ2) is 4.92. The molecule has 94 valence electrons. The van der Waals surface area contributed by atoms with E-state index in [0.717, 1.165) is 25.0 Å². The van der Waals surface area contributed by atoms with Crippen molar-refractivity contribution in [3.8, 4) is 0 Å². The van der Waals surface area contributed by atoms with Gasteiger partial charge in [0.1, 0.15) is 5.71 Å². The lowest BCUT2D eigenvalue weighted by Gasteiger charge is -2.31. The van der Waals surface area contributed by atoms with Crippen molar-refractivity contribution in [3.63, 3.8) is 0 Å². The molecule has 3 nitrogen and oxygen atoms in total. The molecule has 0 radical (unpaired) electrons. The summed E-state index contributed by atoms with van der Waals surface area (Å²) in [4.78, 5) is 11.1. The lowest BCUT2D eigenvalue weighted by molar-refractivity contribution is -0.102. The quantitative estimate of drug-likeness (QED) is 0.763. The SMILES string of the molecule is O=CC1=NN(Cc2ccccc2)[C@@H]2CCCCC12. The topological polar surface area (TPSA) is 32.7 Å². The summed E-state index contributed by atoms with van der Waals surface area (Å²) in [5.74, 6) is 0.375. The standard InChI is InChI=1S/C15H18N2O/c18-11-14-13-8-4-5-9-15(13)17(16-14)10-12-6-2-1-3-7-12/h1-3,6-7,11,13,15H,4-5,8-10H2/t13?,15-/m1/s1. The normalized spacial score (nSPS) is 26.7. The average molecular weight is 242 g/mol. The van der Waals surface area contributed by atoms with Gasteiger partial charge < -0.3 is 0 Å². The molecular weight excluding hydrogens is 224 g/mol. The Hall–Kier alpha value is -1.64. The smallest absolute Gasteiger partial charge is 0.166 e. The van der Waals surface area contributed by atoms with E-state index >= 15 is 0 Å². The van der Waals surface area contributed by atoms with Gasteiger partial charge in [0.05, 0.1) is 12.6 Å². The molecule has 1 aromatic rings. The van der Waals surface area contributed by atoms with Crippen molar-refractivity contribution in [2.24, 2.45) is 11.0 Å². The molecule has 0 N–H and O–H groups in total. The van der Waals surface area contributed by atoms with Gasteiger partial charge in [-0.2, -0.15) is 5.10 Å². The molecule has 0 bridgehead atoms. The maximum absolute atomic E-state index is 11.1. The molecule has 1 aromatic carbocycles. The van der Waals surface area contributed by atoms with Gasteiger partial charge in [0, 0.05) is 5.92 Å². The predicted molar refractivity (Wildman–Crippen MR) is 71.2 cm³/mol. The summed E-state index contributed by atoms with van der Waals surface area (Å²) in [5.41, 5.74) is 2.02. The first-order valence-electron chi connectivity index (χ1n) is 6.73. The van der Waals surface area contributed by atoms with Crippen LogP contribution in [0.4, 0.5) is 0 Å². The Morgan fingerprint density at radius 1 is 1.22 bits per heavy atom. The van der Waals surface area contributed by atoms with Crippen LogP contribution >= 0.6 is 0 Å². The minimum atomic E-state index is 0.375. The largest absolute Gasteiger partial charge is 0.296 e. The van der Waals surface area contributed by atoms with E-state index in [2.05, 4.69) is 22.2 Å². The molecule has 0 saturated heterocycles. The zero-order valence-electron chi connectivity index (χ0n) is 10.5. The molecule has 1 heterocycles. The van der Waals surface area contributed by atoms with E-state index in [1.807, 2.05) is 18.2 Å². The van der Waals surface area contributed by atoms with E-state index in [0.29, 0.717) is 12.0 Å². The van der Waals surface area contributed by atoms with Crippen molar-refractivity contribution in [2.45, 2.75) is 38.3 Å². The van der Waals surface area contributed by atoms with Crippen LogP contribution in [0.2, 0.25) is 0 Å². The van der Waals surface area contributed by atoms with Gasteiger partial charge in [0.15, 0.2) is 6.29 Å². The molecule has 1 fully saturated rings. The Bertz CT molecular complexity index is 455. The van der Waals surface area contributed by atoms with Crippen LogP contribution in [-0.2, 0) is 11.3 Å². The summed E-state index contributed by atoms with van der Waals surface area (Å²) in [6, 6.07) is 10.8. The summed E-state index contributed by atoms with van der Waals surface area (Å²) in [6.07, 6.45) is 5.72. The third-order valence-corrected chi connectivity index (χ3v) is 4.04. The van der Waals surface area contributed by atoms with Crippen LogP contribution in [-0.4, -0.2) is 23.0 Å². The van der Waals surface area contributed by atoms with Gasteiger partial charge in [-0.3, -0.25) is 9.80 Å². The predicted octanol–water partition coefficient (Wildman–Crippen LogP) is 2.62. The first-order chi connectivity index (χ1) is 8.88. The Morgan fingerprint density at radius 3 is 2.78 bits per heavy atom. The number of nitrogens with zero attached hydrogens (tertiary/aromatic N) is 2. The molecule has 0 aromatic heterocycles. The summed E-state index contributed by atoms with van der Waals surface area (Å²) in [6.45, 7) is 0.819. The molecule has 18 heavy (non-hydrogen) atoms. The van der Waals surface area contributed by atoms with E-state index in [4.69, 9.17) is 0 Å². The number of fused-ring (bicyclic) bond motifs is 1. The van der Waals surface area contributed by atoms with Crippen molar-refractivity contribution in [2.75, 3.05) is 0 Å². The number of aldehydes is 1. The van der Waals surface area contributed by atoms with Gasteiger partial charge in [0.25, 0.3) is 0 Å². The first-order valence-corrected chi connectivity index (χ1v) is 6.73. The van der Waals surface area contributed by atoms with E-state index in [1.54, 1.807) is 0 Å². The van der Waals surface area contributed by atoms with Crippen molar-refractivity contribution < 1.29 is 4.79 Å². The van der Waals surface area contributed by atoms with E-state index in [-0.39, 0.29) is 0 Å². The Balaban J connectivity index is 1.79. The molecule has 0 spiro atoms. The zero-order valence-corrected chi connectivity index (χ0v) is 10.5. The van der Waals surface area contributed by atoms with Crippen molar-refractivity contribution in [1.29, 1.82) is 0 Å². The lowest BCUT2D eigenvalue weighted by Crippen LogP contribution is -2.35. The minimum Gasteiger partial charge on any atom is -0.296 e. The van der Waals surface area contributed by atoms with Crippen LogP contribution in [0, 0.1) is 5.92 Å². The molecule has 3 rings (SSSR count). The second-order valence-electron chi connectivity index (χ2n) is 5.18. The molecule has 0 amide bonds. The van der Waals surface area contributed by atoms with Crippen LogP contribution < -0.4 is 0 Å². The van der Waals surface area contributed by atoms with Crippen molar-refractivity contribution in [1.82, 2.24) is 5.01 Å². The third-order valence-electron chi connectivity index (χ3n) is 4.04. The van der Waals surface area contributed by atoms with Crippen LogP contribution in [0.15, 0.2) is 35.4 Å². The highest BCUT2D eigenvalue weighted by Gasteiger charge is 2.38. The van der Waals surface area contributed by atoms with E-state index in [9.17, 15) is 4.79 Å². The van der Waals surface area contributed by atoms with Gasteiger partial charge in [-0.25, -0.2) is 0 Å². The molecule has 1 saturated carbocycles. The number of hydrazone groups is 1. The number of benzene rings is 1. The van der Waals surface area contributed by atoms with Gasteiger partial charge in [-0.15, -0.1) is 0 Å². The zero-order chi connectivity index (χ0) is 12.4. The second-order valence-corrected chi connectivity index (χ2v) is 5.18. The van der Waals surface area contributed by atoms with E-state index in [1.165, 1.54) is 24.8 Å². The fourth-order valence-electron chi connectivity index (χ4n) is 3.14. The fraction of sp³-hybridized carbons (Fsp3) is 0.467. The first kappa shape index (κ1) is 11.5. The molecule has 1 aliphatic carbocycles. The highest BCUT2D eigenvalue weighted by atomic mass is 16.1. The minimum absolute atomic E-state index is 0.375. The Labute approximate surface area is 107 Å². The highest BCUT2D eigenvalue weighted by molar-refractivity contribution is 6.29. The molecule has 2 aliphatic rings. The number of carbonyl (C=O) groups is 1. The Kier molecular flexibility index (Phi) is 3.13. The summed E-state index contributed by atoms with van der Waals surface area (Å²) in [7, 11) is 0. The van der Waals surface area contributed by atoms with Crippen LogP contribution in [0.3, 0.4) is 0 Å². The third kappa shape index (κ3) is 2.05. The van der Waals surface area contributed by atoms with Gasteiger partial charge >= 0.3 is 0 Å². The van der Waals surface area contributed by atoms with Gasteiger partial charge in [0.2, 0.25) is 0 Å². The van der Waals surface area contributed by atoms with Crippen LogP contribution in [0.5, 0.6) is 0 Å². The van der Waals surface area contributed by atoms with Crippen molar-refractivity contribution >= 4 is 12.0 Å². The Morgan fingerprint density at radius 2 is 2.00 bits per heavy atom. The van der Waals surface area contributed by atoms with Gasteiger partial charge in [-0.05, 0) is 18.4 Å². The molecule has 2 atom stereocenters. The summed E-state index contributed by atoms with van der Waals surface area (Å²) < 4.78 is 0. The average Bonchev–Trinajstić information content (AvgIpc) is 2.78. The van der Waals surface area contributed by atoms with Crippen LogP contribution in [0.25, 0.3) is 0 Å². The summed E-state index contributed by atoms with van der Waals surface area (Å²) in [5, 5.41) is 6.66. The maximum atomic E-state index is 11.1. The summed E-state index contributed by atoms with van der Waals surface area (Å²) >= 11 is 0. The van der Waals surface area contributed by atoms with Crippen LogP contribution in [0.1, 0.15) is 31.2 Å². The number of carbonyl (C=O) groups excluding carboxylic acids is 1. The maximum Gasteiger partial charge on any atom is 0.166 e. The molecular formula is C15H18N2O.